The van der Waals surface area contributed by atoms with Crippen LogP contribution in [0.15, 0.2) is 54.7 Å². The average Bonchev–Trinajstić information content (AvgIpc) is 2.68. The van der Waals surface area contributed by atoms with Crippen molar-refractivity contribution < 1.29 is 4.79 Å². The molecule has 0 aliphatic heterocycles. The van der Waals surface area contributed by atoms with E-state index in [1.54, 1.807) is 6.20 Å². The van der Waals surface area contributed by atoms with Gasteiger partial charge in [0.25, 0.3) is 0 Å². The van der Waals surface area contributed by atoms with Gasteiger partial charge in [0.2, 0.25) is 0 Å². The van der Waals surface area contributed by atoms with E-state index in [1.165, 1.54) is 0 Å². The Bertz CT molecular complexity index is 1100. The van der Waals surface area contributed by atoms with Gasteiger partial charge in [-0.15, -0.1) is 0 Å². The Morgan fingerprint density at radius 1 is 0.828 bits per heavy atom. The fourth-order valence-electron chi connectivity index (χ4n) is 2.44. The lowest BCUT2D eigenvalue weighted by Gasteiger charge is -2.03. The zero-order valence-electron chi connectivity index (χ0n) is 14.6. The number of ketones is 1. The molecule has 152 valence electrons. The number of fused-ring (bicyclic) bond motifs is 2. The fourth-order valence-corrected chi connectivity index (χ4v) is 2.81. The third kappa shape index (κ3) is 6.17. The summed E-state index contributed by atoms with van der Waals surface area (Å²) in [4.78, 5) is 28.3. The molecule has 2 heterocycles. The summed E-state index contributed by atoms with van der Waals surface area (Å²) in [5, 5.41) is 0.626. The molecule has 0 amide bonds. The molecule has 7 heteroatoms. The van der Waals surface area contributed by atoms with Crippen LogP contribution in [0.1, 0.15) is 45.1 Å². The SMILES string of the molecule is C.C.CCCC(=O)c1nc2ccccc2nc1Cl.Clc1cnc2ccccc2n1. The lowest BCUT2D eigenvalue weighted by atomic mass is 10.2. The zero-order chi connectivity index (χ0) is 19.2. The molecule has 4 aromatic rings. The fraction of sp³-hybridized carbons (Fsp3) is 0.227. The molecule has 0 saturated heterocycles. The van der Waals surface area contributed by atoms with Gasteiger partial charge in [-0.1, -0.05) is 69.2 Å². The number of Topliss-reactive ketones (excluding diaryl/α,β-unsaturated/α-hetero) is 1. The van der Waals surface area contributed by atoms with Crippen molar-refractivity contribution in [1.82, 2.24) is 19.9 Å². The molecular formula is C22H24Cl2N4O. The van der Waals surface area contributed by atoms with Crippen molar-refractivity contribution in [1.29, 1.82) is 0 Å². The maximum Gasteiger partial charge on any atom is 0.184 e. The third-order valence-corrected chi connectivity index (χ3v) is 4.13. The molecular weight excluding hydrogens is 407 g/mol. The minimum absolute atomic E-state index is 0. The summed E-state index contributed by atoms with van der Waals surface area (Å²) in [6.45, 7) is 1.94. The topological polar surface area (TPSA) is 68.6 Å². The molecule has 0 aliphatic rings. The van der Waals surface area contributed by atoms with Crippen LogP contribution in [0.2, 0.25) is 10.3 Å². The van der Waals surface area contributed by atoms with Crippen molar-refractivity contribution >= 4 is 51.1 Å². The van der Waals surface area contributed by atoms with Crippen molar-refractivity contribution in [2.75, 3.05) is 0 Å². The van der Waals surface area contributed by atoms with Gasteiger partial charge in [0.1, 0.15) is 10.8 Å². The number of carbonyl (C=O) groups is 1. The summed E-state index contributed by atoms with van der Waals surface area (Å²) in [5.41, 5.74) is 3.39. The highest BCUT2D eigenvalue weighted by molar-refractivity contribution is 6.32. The minimum atomic E-state index is -0.0502. The van der Waals surface area contributed by atoms with E-state index in [0.29, 0.717) is 22.6 Å². The number of hydrogen-bond donors (Lipinski definition) is 0. The predicted molar refractivity (Wildman–Crippen MR) is 122 cm³/mol. The van der Waals surface area contributed by atoms with Crippen LogP contribution in [-0.2, 0) is 0 Å². The Morgan fingerprint density at radius 3 is 1.93 bits per heavy atom. The second kappa shape index (κ2) is 11.4. The number of halogens is 2. The molecule has 0 bridgehead atoms. The van der Waals surface area contributed by atoms with Gasteiger partial charge < -0.3 is 0 Å². The largest absolute Gasteiger partial charge is 0.292 e. The number of hydrogen-bond acceptors (Lipinski definition) is 5. The molecule has 2 aromatic carbocycles. The standard InChI is InChI=1S/C12H11ClN2O.C8H5ClN2.2CH4/c1-2-5-10(16)11-12(13)15-9-7-4-3-6-8(9)14-11;9-8-5-10-6-3-1-2-4-7(6)11-8;;/h3-4,6-7H,2,5H2,1H3;1-5H;2*1H4. The number of aromatic nitrogens is 4. The Morgan fingerprint density at radius 2 is 1.34 bits per heavy atom. The molecule has 0 N–H and O–H groups in total. The van der Waals surface area contributed by atoms with Crippen molar-refractivity contribution in [3.63, 3.8) is 0 Å². The first-order chi connectivity index (χ1) is 13.1. The molecule has 5 nitrogen and oxygen atoms in total. The molecule has 0 spiro atoms. The molecule has 4 rings (SSSR count). The second-order valence-corrected chi connectivity index (χ2v) is 6.45. The van der Waals surface area contributed by atoms with E-state index in [1.807, 2.05) is 55.5 Å². The number of para-hydroxylation sites is 4. The van der Waals surface area contributed by atoms with Crippen LogP contribution in [0.4, 0.5) is 0 Å². The number of benzene rings is 2. The van der Waals surface area contributed by atoms with Crippen molar-refractivity contribution in [2.45, 2.75) is 34.6 Å². The summed E-state index contributed by atoms with van der Waals surface area (Å²) in [6.07, 6.45) is 2.78. The van der Waals surface area contributed by atoms with Gasteiger partial charge in [-0.3, -0.25) is 9.78 Å². The third-order valence-electron chi connectivity index (χ3n) is 3.69. The summed E-state index contributed by atoms with van der Waals surface area (Å²) >= 11 is 11.6. The summed E-state index contributed by atoms with van der Waals surface area (Å²) in [5.74, 6) is -0.0502. The normalized spacial score (nSPS) is 9.76. The van der Waals surface area contributed by atoms with Gasteiger partial charge in [0, 0.05) is 6.42 Å². The van der Waals surface area contributed by atoms with Crippen LogP contribution in [0, 0.1) is 0 Å². The molecule has 29 heavy (non-hydrogen) atoms. The Labute approximate surface area is 181 Å². The van der Waals surface area contributed by atoms with Gasteiger partial charge in [-0.25, -0.2) is 15.0 Å². The van der Waals surface area contributed by atoms with Crippen molar-refractivity contribution in [2.24, 2.45) is 0 Å². The van der Waals surface area contributed by atoms with Crippen LogP contribution in [0.25, 0.3) is 22.1 Å². The van der Waals surface area contributed by atoms with Gasteiger partial charge in [0.15, 0.2) is 10.9 Å². The van der Waals surface area contributed by atoms with Gasteiger partial charge >= 0.3 is 0 Å². The first kappa shape index (κ1) is 24.4. The second-order valence-electron chi connectivity index (χ2n) is 5.71. The van der Waals surface area contributed by atoms with Crippen LogP contribution < -0.4 is 0 Å². The maximum atomic E-state index is 11.7. The van der Waals surface area contributed by atoms with Gasteiger partial charge in [-0.05, 0) is 30.7 Å². The van der Waals surface area contributed by atoms with Gasteiger partial charge in [-0.2, -0.15) is 0 Å². The monoisotopic (exact) mass is 430 g/mol. The van der Waals surface area contributed by atoms with Gasteiger partial charge in [0.05, 0.1) is 28.3 Å². The first-order valence-corrected chi connectivity index (χ1v) is 9.17. The molecule has 0 saturated carbocycles. The highest BCUT2D eigenvalue weighted by atomic mass is 35.5. The lowest BCUT2D eigenvalue weighted by Crippen LogP contribution is -2.04. The minimum Gasteiger partial charge on any atom is -0.292 e. The highest BCUT2D eigenvalue weighted by Crippen LogP contribution is 2.18. The summed E-state index contributed by atoms with van der Waals surface area (Å²) in [6, 6.07) is 15.0. The average molecular weight is 431 g/mol. The van der Waals surface area contributed by atoms with E-state index in [2.05, 4.69) is 19.9 Å². The molecule has 0 unspecified atom stereocenters. The van der Waals surface area contributed by atoms with E-state index in [0.717, 1.165) is 17.5 Å². The van der Waals surface area contributed by atoms with Crippen LogP contribution in [-0.4, -0.2) is 25.7 Å². The summed E-state index contributed by atoms with van der Waals surface area (Å²) < 4.78 is 0. The number of carbonyl (C=O) groups excluding carboxylic acids is 1. The number of nitrogens with zero attached hydrogens (tertiary/aromatic N) is 4. The first-order valence-electron chi connectivity index (χ1n) is 8.41. The molecule has 0 fully saturated rings. The lowest BCUT2D eigenvalue weighted by molar-refractivity contribution is 0.0977. The van der Waals surface area contributed by atoms with Crippen LogP contribution in [0.3, 0.4) is 0 Å². The van der Waals surface area contributed by atoms with E-state index < -0.39 is 0 Å². The molecule has 0 atom stereocenters. The van der Waals surface area contributed by atoms with Crippen molar-refractivity contribution in [3.8, 4) is 0 Å². The number of rotatable bonds is 3. The molecule has 2 aromatic heterocycles. The quantitative estimate of drug-likeness (QED) is 0.333. The van der Waals surface area contributed by atoms with E-state index in [9.17, 15) is 4.79 Å². The van der Waals surface area contributed by atoms with Crippen LogP contribution >= 0.6 is 23.2 Å². The maximum absolute atomic E-state index is 11.7. The van der Waals surface area contributed by atoms with Crippen molar-refractivity contribution in [3.05, 3.63) is 70.7 Å². The van der Waals surface area contributed by atoms with E-state index >= 15 is 0 Å². The Hall–Kier alpha value is -2.63. The zero-order valence-corrected chi connectivity index (χ0v) is 16.1. The molecule has 0 aliphatic carbocycles. The van der Waals surface area contributed by atoms with E-state index in [-0.39, 0.29) is 31.5 Å². The highest BCUT2D eigenvalue weighted by Gasteiger charge is 2.13. The van der Waals surface area contributed by atoms with Crippen LogP contribution in [0.5, 0.6) is 0 Å². The Balaban J connectivity index is 0.000000286. The Kier molecular flexibility index (Phi) is 9.59. The molecule has 0 radical (unpaired) electrons. The smallest absolute Gasteiger partial charge is 0.184 e. The van der Waals surface area contributed by atoms with E-state index in [4.69, 9.17) is 23.2 Å². The summed E-state index contributed by atoms with van der Waals surface area (Å²) in [7, 11) is 0. The predicted octanol–water partition coefficient (Wildman–Crippen LogP) is 6.82.